The van der Waals surface area contributed by atoms with Gasteiger partial charge in [-0.2, -0.15) is 10.4 Å². The van der Waals surface area contributed by atoms with Crippen LogP contribution in [-0.2, 0) is 20.5 Å². The summed E-state index contributed by atoms with van der Waals surface area (Å²) in [7, 11) is 3.81. The first-order valence-electron chi connectivity index (χ1n) is 8.81. The van der Waals surface area contributed by atoms with Crippen molar-refractivity contribution in [1.29, 1.82) is 5.26 Å². The SMILES string of the molecule is CCc1cc(-c2cnn(C)c2-c2ccccc2C#N)c2nc(N)n(C)c2c1.Cl. The number of aryl methyl sites for hydroxylation is 3. The summed E-state index contributed by atoms with van der Waals surface area (Å²) in [5, 5.41) is 14.0. The highest BCUT2D eigenvalue weighted by molar-refractivity contribution is 5.98. The van der Waals surface area contributed by atoms with E-state index in [1.54, 1.807) is 0 Å². The third kappa shape index (κ3) is 2.90. The molecule has 0 atom stereocenters. The van der Waals surface area contributed by atoms with Crippen molar-refractivity contribution < 1.29 is 0 Å². The highest BCUT2D eigenvalue weighted by Gasteiger charge is 2.20. The Morgan fingerprint density at radius 1 is 1.11 bits per heavy atom. The van der Waals surface area contributed by atoms with Gasteiger partial charge in [0.2, 0.25) is 5.95 Å². The van der Waals surface area contributed by atoms with Crippen molar-refractivity contribution >= 4 is 29.4 Å². The fraction of sp³-hybridized carbons (Fsp3) is 0.190. The van der Waals surface area contributed by atoms with E-state index in [1.165, 1.54) is 5.56 Å². The number of imidazole rings is 1. The number of hydrogen-bond acceptors (Lipinski definition) is 4. The van der Waals surface area contributed by atoms with Crippen LogP contribution in [0, 0.1) is 11.3 Å². The Labute approximate surface area is 169 Å². The standard InChI is InChI=1S/C21H20N6.ClH/c1-4-13-9-16(19-18(10-13)26(2)21(23)25-19)17-12-24-27(3)20(17)15-8-6-5-7-14(15)11-22;/h5-10,12H,4H2,1-3H3,(H2,23,25);1H. The molecule has 0 aliphatic carbocycles. The van der Waals surface area contributed by atoms with Crippen LogP contribution in [0.15, 0.2) is 42.6 Å². The largest absolute Gasteiger partial charge is 0.369 e. The molecule has 28 heavy (non-hydrogen) atoms. The Hall–Kier alpha value is -3.30. The quantitative estimate of drug-likeness (QED) is 0.569. The molecule has 0 unspecified atom stereocenters. The summed E-state index contributed by atoms with van der Waals surface area (Å²) in [6, 6.07) is 14.1. The Morgan fingerprint density at radius 3 is 2.57 bits per heavy atom. The summed E-state index contributed by atoms with van der Waals surface area (Å²) in [4.78, 5) is 4.59. The first kappa shape index (κ1) is 19.5. The fourth-order valence-electron chi connectivity index (χ4n) is 3.51. The van der Waals surface area contributed by atoms with E-state index in [2.05, 4.69) is 35.2 Å². The van der Waals surface area contributed by atoms with Gasteiger partial charge < -0.3 is 10.3 Å². The lowest BCUT2D eigenvalue weighted by atomic mass is 9.95. The van der Waals surface area contributed by atoms with E-state index in [4.69, 9.17) is 5.73 Å². The second kappa shape index (κ2) is 7.37. The van der Waals surface area contributed by atoms with Crippen molar-refractivity contribution in [2.45, 2.75) is 13.3 Å². The molecule has 0 spiro atoms. The molecular weight excluding hydrogens is 372 g/mol. The third-order valence-corrected chi connectivity index (χ3v) is 5.02. The van der Waals surface area contributed by atoms with Gasteiger partial charge in [0.15, 0.2) is 0 Å². The Bertz CT molecular complexity index is 1210. The smallest absolute Gasteiger partial charge is 0.200 e. The van der Waals surface area contributed by atoms with Gasteiger partial charge in [-0.3, -0.25) is 4.68 Å². The summed E-state index contributed by atoms with van der Waals surface area (Å²) in [6.07, 6.45) is 2.74. The maximum atomic E-state index is 9.55. The van der Waals surface area contributed by atoms with Gasteiger partial charge in [0.1, 0.15) is 0 Å². The summed E-state index contributed by atoms with van der Waals surface area (Å²) in [5.41, 5.74) is 13.4. The minimum absolute atomic E-state index is 0. The second-order valence-corrected chi connectivity index (χ2v) is 6.58. The number of fused-ring (bicyclic) bond motifs is 1. The molecule has 2 heterocycles. The number of aromatic nitrogens is 4. The van der Waals surface area contributed by atoms with Crippen molar-refractivity contribution in [2.75, 3.05) is 5.73 Å². The summed E-state index contributed by atoms with van der Waals surface area (Å²) < 4.78 is 3.71. The highest BCUT2D eigenvalue weighted by atomic mass is 35.5. The molecular formula is C21H21ClN6. The predicted octanol–water partition coefficient (Wildman–Crippen LogP) is 4.08. The molecule has 0 amide bonds. The topological polar surface area (TPSA) is 85.4 Å². The third-order valence-electron chi connectivity index (χ3n) is 5.02. The van der Waals surface area contributed by atoms with Crippen molar-refractivity contribution in [3.63, 3.8) is 0 Å². The fourth-order valence-corrected chi connectivity index (χ4v) is 3.51. The number of halogens is 1. The maximum Gasteiger partial charge on any atom is 0.200 e. The van der Waals surface area contributed by atoms with Crippen molar-refractivity contribution in [1.82, 2.24) is 19.3 Å². The molecule has 2 aromatic carbocycles. The van der Waals surface area contributed by atoms with Crippen LogP contribution in [0.1, 0.15) is 18.1 Å². The Morgan fingerprint density at radius 2 is 1.86 bits per heavy atom. The van der Waals surface area contributed by atoms with E-state index in [-0.39, 0.29) is 12.4 Å². The van der Waals surface area contributed by atoms with E-state index < -0.39 is 0 Å². The second-order valence-electron chi connectivity index (χ2n) is 6.58. The van der Waals surface area contributed by atoms with Gasteiger partial charge in [0.25, 0.3) is 0 Å². The molecule has 0 radical (unpaired) electrons. The van der Waals surface area contributed by atoms with Gasteiger partial charge >= 0.3 is 0 Å². The van der Waals surface area contributed by atoms with E-state index in [9.17, 15) is 5.26 Å². The van der Waals surface area contributed by atoms with Gasteiger partial charge in [-0.25, -0.2) is 4.98 Å². The lowest BCUT2D eigenvalue weighted by Crippen LogP contribution is -1.97. The number of nitrogens with zero attached hydrogens (tertiary/aromatic N) is 5. The van der Waals surface area contributed by atoms with Gasteiger partial charge in [-0.15, -0.1) is 12.4 Å². The van der Waals surface area contributed by atoms with Crippen molar-refractivity contribution in [3.05, 3.63) is 53.7 Å². The van der Waals surface area contributed by atoms with Crippen LogP contribution in [0.4, 0.5) is 5.95 Å². The van der Waals surface area contributed by atoms with Crippen LogP contribution >= 0.6 is 12.4 Å². The number of benzene rings is 2. The van der Waals surface area contributed by atoms with Crippen LogP contribution in [0.3, 0.4) is 0 Å². The van der Waals surface area contributed by atoms with E-state index >= 15 is 0 Å². The van der Waals surface area contributed by atoms with Crippen LogP contribution in [0.2, 0.25) is 0 Å². The first-order chi connectivity index (χ1) is 13.0. The van der Waals surface area contributed by atoms with Gasteiger partial charge in [0.05, 0.1) is 34.6 Å². The molecule has 6 nitrogen and oxygen atoms in total. The van der Waals surface area contributed by atoms with Crippen molar-refractivity contribution in [2.24, 2.45) is 14.1 Å². The minimum Gasteiger partial charge on any atom is -0.369 e. The Kier molecular flexibility index (Phi) is 5.12. The number of hydrogen-bond donors (Lipinski definition) is 1. The monoisotopic (exact) mass is 392 g/mol. The molecule has 4 rings (SSSR count). The molecule has 0 aliphatic rings. The van der Waals surface area contributed by atoms with Crippen LogP contribution in [0.5, 0.6) is 0 Å². The predicted molar refractivity (Wildman–Crippen MR) is 114 cm³/mol. The summed E-state index contributed by atoms with van der Waals surface area (Å²) >= 11 is 0. The number of anilines is 1. The van der Waals surface area contributed by atoms with Gasteiger partial charge in [-0.05, 0) is 30.2 Å². The van der Waals surface area contributed by atoms with Gasteiger partial charge in [0, 0.05) is 30.8 Å². The van der Waals surface area contributed by atoms with E-state index in [0.717, 1.165) is 39.8 Å². The van der Waals surface area contributed by atoms with Crippen LogP contribution in [-0.4, -0.2) is 19.3 Å². The summed E-state index contributed by atoms with van der Waals surface area (Å²) in [5.74, 6) is 0.474. The first-order valence-corrected chi connectivity index (χ1v) is 8.81. The zero-order valence-electron chi connectivity index (χ0n) is 16.0. The lowest BCUT2D eigenvalue weighted by Gasteiger charge is -2.10. The Balaban J connectivity index is 0.00000225. The number of rotatable bonds is 3. The average molecular weight is 393 g/mol. The van der Waals surface area contributed by atoms with E-state index in [0.29, 0.717) is 11.5 Å². The maximum absolute atomic E-state index is 9.55. The zero-order valence-corrected chi connectivity index (χ0v) is 16.8. The molecule has 0 aliphatic heterocycles. The molecule has 2 aromatic heterocycles. The highest BCUT2D eigenvalue weighted by Crippen LogP contribution is 2.38. The molecule has 4 aromatic rings. The number of nitrogen functional groups attached to an aromatic ring is 1. The molecule has 142 valence electrons. The van der Waals surface area contributed by atoms with E-state index in [1.807, 2.05) is 53.8 Å². The van der Waals surface area contributed by atoms with Crippen LogP contribution < -0.4 is 5.73 Å². The molecule has 7 heteroatoms. The molecule has 2 N–H and O–H groups in total. The molecule has 0 saturated carbocycles. The summed E-state index contributed by atoms with van der Waals surface area (Å²) in [6.45, 7) is 2.12. The van der Waals surface area contributed by atoms with Crippen molar-refractivity contribution in [3.8, 4) is 28.5 Å². The number of nitriles is 1. The zero-order chi connectivity index (χ0) is 19.1. The molecule has 0 bridgehead atoms. The molecule has 0 fully saturated rings. The van der Waals surface area contributed by atoms with Gasteiger partial charge in [-0.1, -0.05) is 25.1 Å². The molecule has 0 saturated heterocycles. The lowest BCUT2D eigenvalue weighted by molar-refractivity contribution is 0.776. The normalized spacial score (nSPS) is 10.6. The number of nitrogens with two attached hydrogens (primary N) is 1. The average Bonchev–Trinajstić information content (AvgIpc) is 3.21. The van der Waals surface area contributed by atoms with Crippen LogP contribution in [0.25, 0.3) is 33.4 Å². The minimum atomic E-state index is 0.